The Balaban J connectivity index is 3.28. The van der Waals surface area contributed by atoms with Gasteiger partial charge in [-0.05, 0) is 28.1 Å². The molecule has 0 aliphatic heterocycles. The van der Waals surface area contributed by atoms with Crippen molar-refractivity contribution in [3.05, 3.63) is 16.6 Å². The minimum atomic E-state index is -3.88. The van der Waals surface area contributed by atoms with Gasteiger partial charge in [-0.25, -0.2) is 8.42 Å². The molecular weight excluding hydrogens is 350 g/mol. The van der Waals surface area contributed by atoms with E-state index in [0.29, 0.717) is 4.47 Å². The number of methoxy groups -OCH3 is 1. The smallest absolute Gasteiger partial charge is 0.247 e. The third-order valence-corrected chi connectivity index (χ3v) is 5.13. The molecule has 20 heavy (non-hydrogen) atoms. The molecule has 0 aliphatic carbocycles. The molecule has 112 valence electrons. The number of benzene rings is 1. The third-order valence-electron chi connectivity index (χ3n) is 2.62. The maximum atomic E-state index is 12.4. The molecule has 0 saturated heterocycles. The predicted molar refractivity (Wildman–Crippen MR) is 79.0 cm³/mol. The molecule has 3 N–H and O–H groups in total. The summed E-state index contributed by atoms with van der Waals surface area (Å²) in [5.41, 5.74) is 5.97. The lowest BCUT2D eigenvalue weighted by atomic mass is 10.3. The van der Waals surface area contributed by atoms with Gasteiger partial charge in [-0.3, -0.25) is 4.79 Å². The first-order valence-corrected chi connectivity index (χ1v) is 7.77. The van der Waals surface area contributed by atoms with Crippen LogP contribution in [0.3, 0.4) is 0 Å². The lowest BCUT2D eigenvalue weighted by Gasteiger charge is -2.18. The summed E-state index contributed by atoms with van der Waals surface area (Å²) in [5.74, 6) is -0.269. The number of anilines is 1. The Hall–Kier alpha value is -1.32. The van der Waals surface area contributed by atoms with Crippen molar-refractivity contribution in [2.45, 2.75) is 4.90 Å². The molecule has 0 aliphatic rings. The SMILES string of the molecule is CNC(=O)CN(C)S(=O)(=O)c1cc(N)c(Br)cc1OC. The zero-order valence-electron chi connectivity index (χ0n) is 11.3. The third kappa shape index (κ3) is 3.41. The highest BCUT2D eigenvalue weighted by atomic mass is 79.9. The van der Waals surface area contributed by atoms with E-state index >= 15 is 0 Å². The van der Waals surface area contributed by atoms with Crippen LogP contribution in [0.2, 0.25) is 0 Å². The first kappa shape index (κ1) is 16.7. The lowest BCUT2D eigenvalue weighted by Crippen LogP contribution is -2.37. The van der Waals surface area contributed by atoms with E-state index in [1.807, 2.05) is 0 Å². The van der Waals surface area contributed by atoms with Gasteiger partial charge in [-0.15, -0.1) is 0 Å². The number of amides is 1. The standard InChI is InChI=1S/C11H16BrN3O4S/c1-14-11(16)6-15(2)20(17,18)10-5-8(13)7(12)4-9(10)19-3/h4-5H,6,13H2,1-3H3,(H,14,16). The molecule has 0 aromatic heterocycles. The van der Waals surface area contributed by atoms with E-state index in [1.165, 1.54) is 33.3 Å². The zero-order valence-corrected chi connectivity index (χ0v) is 13.7. The first-order chi connectivity index (χ1) is 9.23. The van der Waals surface area contributed by atoms with Crippen molar-refractivity contribution in [3.63, 3.8) is 0 Å². The zero-order chi connectivity index (χ0) is 15.5. The second kappa shape index (κ2) is 6.42. The van der Waals surface area contributed by atoms with E-state index in [0.717, 1.165) is 4.31 Å². The summed E-state index contributed by atoms with van der Waals surface area (Å²) in [6.45, 7) is -0.294. The maximum Gasteiger partial charge on any atom is 0.247 e. The Morgan fingerprint density at radius 1 is 1.50 bits per heavy atom. The molecule has 0 radical (unpaired) electrons. The Morgan fingerprint density at radius 2 is 2.10 bits per heavy atom. The van der Waals surface area contributed by atoms with Crippen LogP contribution in [-0.2, 0) is 14.8 Å². The molecular formula is C11H16BrN3O4S. The number of hydrogen-bond donors (Lipinski definition) is 2. The first-order valence-electron chi connectivity index (χ1n) is 5.54. The fourth-order valence-electron chi connectivity index (χ4n) is 1.45. The van der Waals surface area contributed by atoms with E-state index in [9.17, 15) is 13.2 Å². The summed E-state index contributed by atoms with van der Waals surface area (Å²) in [4.78, 5) is 11.2. The molecule has 1 aromatic carbocycles. The number of rotatable bonds is 5. The molecule has 0 bridgehead atoms. The van der Waals surface area contributed by atoms with Gasteiger partial charge >= 0.3 is 0 Å². The average Bonchev–Trinajstić information content (AvgIpc) is 2.40. The van der Waals surface area contributed by atoms with Crippen molar-refractivity contribution >= 4 is 37.5 Å². The number of likely N-dealkylation sites (N-methyl/N-ethyl adjacent to an activating group) is 2. The number of carbonyl (C=O) groups is 1. The van der Waals surface area contributed by atoms with Crippen molar-refractivity contribution < 1.29 is 17.9 Å². The van der Waals surface area contributed by atoms with E-state index in [1.54, 1.807) is 0 Å². The van der Waals surface area contributed by atoms with Gasteiger partial charge in [-0.2, -0.15) is 4.31 Å². The monoisotopic (exact) mass is 365 g/mol. The van der Waals surface area contributed by atoms with Crippen LogP contribution in [0, 0.1) is 0 Å². The Labute approximate surface area is 126 Å². The fourth-order valence-corrected chi connectivity index (χ4v) is 3.06. The van der Waals surface area contributed by atoms with Crippen molar-refractivity contribution in [2.75, 3.05) is 33.5 Å². The average molecular weight is 366 g/mol. The van der Waals surface area contributed by atoms with Gasteiger partial charge in [-0.1, -0.05) is 0 Å². The topological polar surface area (TPSA) is 102 Å². The van der Waals surface area contributed by atoms with Crippen LogP contribution in [0.5, 0.6) is 5.75 Å². The molecule has 7 nitrogen and oxygen atoms in total. The molecule has 0 fully saturated rings. The molecule has 1 amide bonds. The highest BCUT2D eigenvalue weighted by molar-refractivity contribution is 9.10. The Kier molecular flexibility index (Phi) is 5.37. The van der Waals surface area contributed by atoms with Gasteiger partial charge in [0, 0.05) is 24.3 Å². The summed E-state index contributed by atoms with van der Waals surface area (Å²) in [6.07, 6.45) is 0. The minimum absolute atomic E-state index is 0.0906. The van der Waals surface area contributed by atoms with Gasteiger partial charge in [0.25, 0.3) is 0 Å². The molecule has 9 heteroatoms. The van der Waals surface area contributed by atoms with E-state index in [-0.39, 0.29) is 22.9 Å². The number of nitrogens with one attached hydrogen (secondary N) is 1. The van der Waals surface area contributed by atoms with Gasteiger partial charge in [0.15, 0.2) is 0 Å². The highest BCUT2D eigenvalue weighted by Gasteiger charge is 2.27. The van der Waals surface area contributed by atoms with Crippen LogP contribution in [0.25, 0.3) is 0 Å². The molecule has 1 aromatic rings. The predicted octanol–water partition coefficient (Wildman–Crippen LogP) is 0.406. The number of nitrogens with two attached hydrogens (primary N) is 1. The largest absolute Gasteiger partial charge is 0.495 e. The van der Waals surface area contributed by atoms with Crippen molar-refractivity contribution in [3.8, 4) is 5.75 Å². The van der Waals surface area contributed by atoms with Crippen LogP contribution in [0.15, 0.2) is 21.5 Å². The number of ether oxygens (including phenoxy) is 1. The van der Waals surface area contributed by atoms with Crippen molar-refractivity contribution in [2.24, 2.45) is 0 Å². The summed E-state index contributed by atoms with van der Waals surface area (Å²) in [5, 5.41) is 2.36. The van der Waals surface area contributed by atoms with E-state index in [4.69, 9.17) is 10.5 Å². The summed E-state index contributed by atoms with van der Waals surface area (Å²) in [6, 6.07) is 2.76. The fraction of sp³-hybridized carbons (Fsp3) is 0.364. The normalized spacial score (nSPS) is 11.4. The number of sulfonamides is 1. The van der Waals surface area contributed by atoms with E-state index < -0.39 is 15.9 Å². The van der Waals surface area contributed by atoms with Gasteiger partial charge in [0.2, 0.25) is 15.9 Å². The number of carbonyl (C=O) groups excluding carboxylic acids is 1. The Bertz CT molecular complexity index is 618. The number of halogens is 1. The molecule has 0 heterocycles. The van der Waals surface area contributed by atoms with Gasteiger partial charge in [0.05, 0.1) is 13.7 Å². The summed E-state index contributed by atoms with van der Waals surface area (Å²) < 4.78 is 31.4. The molecule has 0 spiro atoms. The summed E-state index contributed by atoms with van der Waals surface area (Å²) in [7, 11) is 0.217. The molecule has 0 saturated carbocycles. The van der Waals surface area contributed by atoms with Crippen LogP contribution < -0.4 is 15.8 Å². The molecule has 0 unspecified atom stereocenters. The molecule has 0 atom stereocenters. The maximum absolute atomic E-state index is 12.4. The van der Waals surface area contributed by atoms with Gasteiger partial charge in [0.1, 0.15) is 10.6 Å². The van der Waals surface area contributed by atoms with Crippen molar-refractivity contribution in [1.29, 1.82) is 0 Å². The lowest BCUT2D eigenvalue weighted by molar-refractivity contribution is -0.120. The van der Waals surface area contributed by atoms with Crippen molar-refractivity contribution in [1.82, 2.24) is 9.62 Å². The second-order valence-electron chi connectivity index (χ2n) is 3.96. The number of nitrogens with zero attached hydrogens (tertiary/aromatic N) is 1. The number of hydrogen-bond acceptors (Lipinski definition) is 5. The van der Waals surface area contributed by atoms with Crippen LogP contribution in [-0.4, -0.2) is 46.4 Å². The minimum Gasteiger partial charge on any atom is -0.495 e. The quantitative estimate of drug-likeness (QED) is 0.735. The second-order valence-corrected chi connectivity index (χ2v) is 6.83. The molecule has 1 rings (SSSR count). The highest BCUT2D eigenvalue weighted by Crippen LogP contribution is 2.33. The summed E-state index contributed by atoms with van der Waals surface area (Å²) >= 11 is 3.20. The number of nitrogen functional groups attached to an aromatic ring is 1. The van der Waals surface area contributed by atoms with E-state index in [2.05, 4.69) is 21.2 Å². The van der Waals surface area contributed by atoms with Crippen LogP contribution in [0.4, 0.5) is 5.69 Å². The van der Waals surface area contributed by atoms with Gasteiger partial charge < -0.3 is 15.8 Å². The Morgan fingerprint density at radius 3 is 2.60 bits per heavy atom. The van der Waals surface area contributed by atoms with Crippen LogP contribution in [0.1, 0.15) is 0 Å². The van der Waals surface area contributed by atoms with Crippen LogP contribution >= 0.6 is 15.9 Å².